The Morgan fingerprint density at radius 2 is 2.14 bits per heavy atom. The molecule has 0 saturated heterocycles. The number of aromatic nitrogens is 1. The van der Waals surface area contributed by atoms with Gasteiger partial charge in [-0.3, -0.25) is 4.98 Å². The number of nitrogens with two attached hydrogens (primary N) is 1. The molecule has 0 unspecified atom stereocenters. The quantitative estimate of drug-likeness (QED) is 0.749. The fourth-order valence-electron chi connectivity index (χ4n) is 0.915. The van der Waals surface area contributed by atoms with Crippen LogP contribution in [-0.4, -0.2) is 11.2 Å². The summed E-state index contributed by atoms with van der Waals surface area (Å²) in [5.41, 5.74) is 4.31. The topological polar surface area (TPSA) is 62.7 Å². The van der Waals surface area contributed by atoms with Gasteiger partial charge in [0, 0.05) is 6.20 Å². The summed E-state index contributed by atoms with van der Waals surface area (Å²) >= 11 is 0. The fourth-order valence-corrected chi connectivity index (χ4v) is 0.915. The zero-order valence-electron chi connectivity index (χ0n) is 6.92. The van der Waals surface area contributed by atoms with Gasteiger partial charge in [0.05, 0.1) is 11.3 Å². The maximum Gasteiger partial charge on any atom is 0.409 e. The number of nitrogens with zero attached hydrogens (tertiary/aromatic N) is 2. The van der Waals surface area contributed by atoms with Crippen molar-refractivity contribution in [1.29, 1.82) is 5.26 Å². The zero-order chi connectivity index (χ0) is 10.8. The first-order chi connectivity index (χ1) is 6.46. The van der Waals surface area contributed by atoms with Gasteiger partial charge in [-0.25, -0.2) is 0 Å². The lowest BCUT2D eigenvalue weighted by atomic mass is 10.1. The average Bonchev–Trinajstić information content (AvgIpc) is 2.15. The van der Waals surface area contributed by atoms with E-state index in [4.69, 9.17) is 11.0 Å². The lowest BCUT2D eigenvalue weighted by Crippen LogP contribution is -2.30. The van der Waals surface area contributed by atoms with Crippen molar-refractivity contribution in [2.45, 2.75) is 12.2 Å². The van der Waals surface area contributed by atoms with Crippen LogP contribution in [0.3, 0.4) is 0 Å². The molecule has 0 aliphatic heterocycles. The Hall–Kier alpha value is -1.61. The van der Waals surface area contributed by atoms with Crippen LogP contribution in [0.1, 0.15) is 17.3 Å². The van der Waals surface area contributed by atoms with Gasteiger partial charge in [-0.2, -0.15) is 18.4 Å². The van der Waals surface area contributed by atoms with Crippen LogP contribution in [0.4, 0.5) is 13.2 Å². The van der Waals surface area contributed by atoms with Crippen LogP contribution in [-0.2, 0) is 0 Å². The van der Waals surface area contributed by atoms with Crippen molar-refractivity contribution >= 4 is 0 Å². The number of nitriles is 1. The molecule has 1 aromatic rings. The van der Waals surface area contributed by atoms with Crippen LogP contribution in [0, 0.1) is 11.3 Å². The van der Waals surface area contributed by atoms with Gasteiger partial charge in [0.1, 0.15) is 12.1 Å². The van der Waals surface area contributed by atoms with E-state index in [2.05, 4.69) is 4.98 Å². The van der Waals surface area contributed by atoms with Gasteiger partial charge >= 0.3 is 6.18 Å². The molecular weight excluding hydrogens is 195 g/mol. The molecule has 2 N–H and O–H groups in total. The molecule has 1 aromatic heterocycles. The summed E-state index contributed by atoms with van der Waals surface area (Å²) in [7, 11) is 0. The highest BCUT2D eigenvalue weighted by Gasteiger charge is 2.39. The van der Waals surface area contributed by atoms with Crippen LogP contribution < -0.4 is 5.73 Å². The summed E-state index contributed by atoms with van der Waals surface area (Å²) in [5.74, 6) is 0. The van der Waals surface area contributed by atoms with Crippen LogP contribution in [0.2, 0.25) is 0 Å². The van der Waals surface area contributed by atoms with Crippen molar-refractivity contribution in [2.75, 3.05) is 0 Å². The molecule has 0 radical (unpaired) electrons. The van der Waals surface area contributed by atoms with Gasteiger partial charge in [-0.1, -0.05) is 0 Å². The van der Waals surface area contributed by atoms with Gasteiger partial charge in [-0.05, 0) is 12.1 Å². The van der Waals surface area contributed by atoms with Crippen LogP contribution >= 0.6 is 0 Å². The smallest absolute Gasteiger partial charge is 0.315 e. The van der Waals surface area contributed by atoms with Crippen molar-refractivity contribution in [1.82, 2.24) is 4.98 Å². The normalized spacial score (nSPS) is 13.4. The molecule has 1 heterocycles. The minimum absolute atomic E-state index is 0.155. The number of rotatable bonds is 1. The van der Waals surface area contributed by atoms with E-state index in [0.29, 0.717) is 0 Å². The highest BCUT2D eigenvalue weighted by atomic mass is 19.4. The van der Waals surface area contributed by atoms with Gasteiger partial charge in [0.15, 0.2) is 0 Å². The van der Waals surface area contributed by atoms with E-state index in [1.54, 1.807) is 6.07 Å². The summed E-state index contributed by atoms with van der Waals surface area (Å²) in [5, 5.41) is 8.52. The Labute approximate surface area is 78.0 Å². The molecule has 74 valence electrons. The van der Waals surface area contributed by atoms with Crippen LogP contribution in [0.15, 0.2) is 18.3 Å². The van der Waals surface area contributed by atoms with Gasteiger partial charge in [0.2, 0.25) is 0 Å². The molecule has 14 heavy (non-hydrogen) atoms. The number of hydrogen-bond acceptors (Lipinski definition) is 3. The molecular formula is C8H6F3N3. The first-order valence-corrected chi connectivity index (χ1v) is 3.64. The first kappa shape index (κ1) is 10.5. The van der Waals surface area contributed by atoms with Crippen molar-refractivity contribution in [3.05, 3.63) is 29.6 Å². The molecule has 0 saturated carbocycles. The average molecular weight is 201 g/mol. The monoisotopic (exact) mass is 201 g/mol. The lowest BCUT2D eigenvalue weighted by Gasteiger charge is -2.15. The maximum absolute atomic E-state index is 12.2. The predicted molar refractivity (Wildman–Crippen MR) is 41.9 cm³/mol. The summed E-state index contributed by atoms with van der Waals surface area (Å²) in [6.45, 7) is 0. The standard InChI is InChI=1S/C8H6F3N3/c9-8(10,11)7(13)6-5(4-12)2-1-3-14-6/h1-3,7H,13H2/t7-/m0/s1. The van der Waals surface area contributed by atoms with Crippen molar-refractivity contribution < 1.29 is 13.2 Å². The molecule has 0 spiro atoms. The number of halogens is 3. The Morgan fingerprint density at radius 1 is 1.50 bits per heavy atom. The van der Waals surface area contributed by atoms with E-state index < -0.39 is 17.9 Å². The Bertz CT molecular complexity index is 367. The predicted octanol–water partition coefficient (Wildman–Crippen LogP) is 1.52. The van der Waals surface area contributed by atoms with Gasteiger partial charge in [0.25, 0.3) is 0 Å². The molecule has 0 aromatic carbocycles. The SMILES string of the molecule is N#Cc1cccnc1[C@H](N)C(F)(F)F. The fraction of sp³-hybridized carbons (Fsp3) is 0.250. The lowest BCUT2D eigenvalue weighted by molar-refractivity contribution is -0.150. The molecule has 0 aliphatic carbocycles. The summed E-state index contributed by atoms with van der Waals surface area (Å²) in [6.07, 6.45) is -3.41. The molecule has 0 aliphatic rings. The van der Waals surface area contributed by atoms with Gasteiger partial charge < -0.3 is 5.73 Å². The molecule has 0 bridgehead atoms. The second kappa shape index (κ2) is 3.64. The Morgan fingerprint density at radius 3 is 2.64 bits per heavy atom. The third kappa shape index (κ3) is 2.00. The minimum atomic E-state index is -4.58. The van der Waals surface area contributed by atoms with E-state index >= 15 is 0 Å². The molecule has 1 rings (SSSR count). The highest BCUT2D eigenvalue weighted by Crippen LogP contribution is 2.30. The molecule has 1 atom stereocenters. The highest BCUT2D eigenvalue weighted by molar-refractivity contribution is 5.34. The van der Waals surface area contributed by atoms with E-state index in [1.165, 1.54) is 18.3 Å². The van der Waals surface area contributed by atoms with Gasteiger partial charge in [-0.15, -0.1) is 0 Å². The first-order valence-electron chi connectivity index (χ1n) is 3.64. The third-order valence-electron chi connectivity index (χ3n) is 1.61. The number of hydrogen-bond donors (Lipinski definition) is 1. The second-order valence-electron chi connectivity index (χ2n) is 2.57. The summed E-state index contributed by atoms with van der Waals surface area (Å²) in [6, 6.07) is 2.02. The van der Waals surface area contributed by atoms with E-state index in [0.717, 1.165) is 0 Å². The maximum atomic E-state index is 12.2. The molecule has 0 amide bonds. The summed E-state index contributed by atoms with van der Waals surface area (Å²) in [4.78, 5) is 3.45. The van der Waals surface area contributed by atoms with Crippen molar-refractivity contribution in [3.63, 3.8) is 0 Å². The Kier molecular flexibility index (Phi) is 2.72. The molecule has 3 nitrogen and oxygen atoms in total. The molecule has 6 heteroatoms. The van der Waals surface area contributed by atoms with E-state index in [9.17, 15) is 13.2 Å². The van der Waals surface area contributed by atoms with E-state index in [-0.39, 0.29) is 5.56 Å². The summed E-state index contributed by atoms with van der Waals surface area (Å²) < 4.78 is 36.5. The largest absolute Gasteiger partial charge is 0.409 e. The van der Waals surface area contributed by atoms with Crippen molar-refractivity contribution in [3.8, 4) is 6.07 Å². The third-order valence-corrected chi connectivity index (χ3v) is 1.61. The number of alkyl halides is 3. The van der Waals surface area contributed by atoms with Crippen LogP contribution in [0.25, 0.3) is 0 Å². The minimum Gasteiger partial charge on any atom is -0.315 e. The number of pyridine rings is 1. The zero-order valence-corrected chi connectivity index (χ0v) is 6.92. The second-order valence-corrected chi connectivity index (χ2v) is 2.57. The van der Waals surface area contributed by atoms with E-state index in [1.807, 2.05) is 0 Å². The molecule has 0 fully saturated rings. The van der Waals surface area contributed by atoms with Crippen LogP contribution in [0.5, 0.6) is 0 Å². The van der Waals surface area contributed by atoms with Crippen molar-refractivity contribution in [2.24, 2.45) is 5.73 Å². The Balaban J connectivity index is 3.14.